The van der Waals surface area contributed by atoms with Gasteiger partial charge >= 0.3 is 0 Å². The van der Waals surface area contributed by atoms with E-state index in [0.717, 1.165) is 11.4 Å². The molecule has 0 saturated carbocycles. The van der Waals surface area contributed by atoms with Gasteiger partial charge in [-0.2, -0.15) is 0 Å². The van der Waals surface area contributed by atoms with Gasteiger partial charge < -0.3 is 9.13 Å². The zero-order valence-corrected chi connectivity index (χ0v) is 36.2. The number of para-hydroxylation sites is 1. The Balaban J connectivity index is 0.957. The summed E-state index contributed by atoms with van der Waals surface area (Å²) in [6.45, 7) is 4.77. The highest BCUT2D eigenvalue weighted by Gasteiger charge is 2.36. The van der Waals surface area contributed by atoms with Crippen molar-refractivity contribution in [1.82, 2.24) is 9.13 Å². The van der Waals surface area contributed by atoms with Gasteiger partial charge in [0.05, 0.1) is 22.1 Å². The first-order valence-electron chi connectivity index (χ1n) is 22.8. The van der Waals surface area contributed by atoms with Crippen LogP contribution in [0.3, 0.4) is 0 Å². The van der Waals surface area contributed by atoms with Crippen LogP contribution in [0.15, 0.2) is 218 Å². The molecule has 14 rings (SSSR count). The Morgan fingerprint density at radius 1 is 0.277 bits per heavy atom. The summed E-state index contributed by atoms with van der Waals surface area (Å²) >= 11 is 0. The SMILES string of the molecule is CC1(C)c2ccccc2-c2cc3c4c5c6ccccc6c6ccccc6c5ccc4n(-c4ccc(-c5ccc6c(c5)c5ccccc5n6-c5ccc(-c6ccccc6)cc5)cc4)c3cc21. The molecule has 304 valence electrons. The van der Waals surface area contributed by atoms with E-state index in [9.17, 15) is 0 Å². The summed E-state index contributed by atoms with van der Waals surface area (Å²) in [6.07, 6.45) is 0. The Bertz CT molecular complexity index is 4070. The topological polar surface area (TPSA) is 9.86 Å². The number of hydrogen-bond donors (Lipinski definition) is 0. The van der Waals surface area contributed by atoms with Crippen molar-refractivity contribution >= 4 is 75.9 Å². The lowest BCUT2D eigenvalue weighted by Crippen LogP contribution is -2.14. The van der Waals surface area contributed by atoms with Crippen LogP contribution in [0.5, 0.6) is 0 Å². The third kappa shape index (κ3) is 5.11. The Kier molecular flexibility index (Phi) is 7.49. The van der Waals surface area contributed by atoms with Crippen LogP contribution in [0.2, 0.25) is 0 Å². The Morgan fingerprint density at radius 2 is 0.785 bits per heavy atom. The van der Waals surface area contributed by atoms with Gasteiger partial charge in [-0.25, -0.2) is 0 Å². The normalized spacial score (nSPS) is 13.2. The summed E-state index contributed by atoms with van der Waals surface area (Å²) in [5.74, 6) is 0. The minimum absolute atomic E-state index is 0.121. The number of fused-ring (bicyclic) bond motifs is 16. The number of aromatic nitrogens is 2. The Morgan fingerprint density at radius 3 is 1.51 bits per heavy atom. The molecule has 0 atom stereocenters. The van der Waals surface area contributed by atoms with Crippen molar-refractivity contribution in [2.45, 2.75) is 19.3 Å². The molecule has 0 radical (unpaired) electrons. The molecule has 2 heterocycles. The van der Waals surface area contributed by atoms with Crippen LogP contribution in [0.1, 0.15) is 25.0 Å². The van der Waals surface area contributed by atoms with Crippen LogP contribution < -0.4 is 0 Å². The molecule has 0 unspecified atom stereocenters. The van der Waals surface area contributed by atoms with Crippen molar-refractivity contribution in [3.8, 4) is 44.8 Å². The average Bonchev–Trinajstić information content (AvgIpc) is 3.96. The first-order valence-corrected chi connectivity index (χ1v) is 22.8. The van der Waals surface area contributed by atoms with Crippen LogP contribution in [-0.2, 0) is 5.41 Å². The van der Waals surface area contributed by atoms with E-state index in [1.807, 2.05) is 0 Å². The van der Waals surface area contributed by atoms with Gasteiger partial charge in [-0.05, 0) is 132 Å². The first kappa shape index (κ1) is 36.3. The molecule has 65 heavy (non-hydrogen) atoms. The number of rotatable bonds is 4. The standard InChI is InChI=1S/C63H42N2/c1-63(2)55-22-12-10-19-48(55)52-37-54-60(38-56(52)63)65(59-35-33-51-47-18-7-6-16-45(47)46-17-8-9-21-50(46)61(51)62(54)59)44-31-26-41(27-32-44)42-28-34-58-53(36-42)49-20-11-13-23-57(49)64(58)43-29-24-40(25-30-43)39-14-4-3-5-15-39/h3-38H,1-2H3. The van der Waals surface area contributed by atoms with Gasteiger partial charge in [0.1, 0.15) is 0 Å². The van der Waals surface area contributed by atoms with Crippen molar-refractivity contribution in [1.29, 1.82) is 0 Å². The Labute approximate surface area is 376 Å². The van der Waals surface area contributed by atoms with Crippen LogP contribution in [0.25, 0.3) is 121 Å². The van der Waals surface area contributed by atoms with Crippen LogP contribution in [0.4, 0.5) is 0 Å². The van der Waals surface area contributed by atoms with Gasteiger partial charge in [0.2, 0.25) is 0 Å². The Hall–Kier alpha value is -8.20. The third-order valence-electron chi connectivity index (χ3n) is 14.7. The third-order valence-corrected chi connectivity index (χ3v) is 14.7. The highest BCUT2D eigenvalue weighted by atomic mass is 15.0. The number of hydrogen-bond acceptors (Lipinski definition) is 0. The van der Waals surface area contributed by atoms with Gasteiger partial charge in [0, 0.05) is 43.7 Å². The van der Waals surface area contributed by atoms with E-state index in [1.54, 1.807) is 0 Å². The lowest BCUT2D eigenvalue weighted by Gasteiger charge is -2.21. The molecule has 0 bridgehead atoms. The maximum Gasteiger partial charge on any atom is 0.0547 e. The molecule has 0 aliphatic heterocycles. The quantitative estimate of drug-likeness (QED) is 0.156. The summed E-state index contributed by atoms with van der Waals surface area (Å²) in [6, 6.07) is 81.3. The van der Waals surface area contributed by atoms with E-state index in [2.05, 4.69) is 241 Å². The number of nitrogens with zero attached hydrogens (tertiary/aromatic N) is 2. The summed E-state index contributed by atoms with van der Waals surface area (Å²) in [5.41, 5.74) is 17.4. The molecule has 13 aromatic rings. The van der Waals surface area contributed by atoms with Crippen molar-refractivity contribution < 1.29 is 0 Å². The van der Waals surface area contributed by atoms with E-state index in [4.69, 9.17) is 0 Å². The highest BCUT2D eigenvalue weighted by molar-refractivity contribution is 6.35. The fraction of sp³-hybridized carbons (Fsp3) is 0.0476. The van der Waals surface area contributed by atoms with E-state index in [1.165, 1.54) is 120 Å². The summed E-state index contributed by atoms with van der Waals surface area (Å²) < 4.78 is 4.93. The second-order valence-corrected chi connectivity index (χ2v) is 18.4. The van der Waals surface area contributed by atoms with E-state index in [-0.39, 0.29) is 5.41 Å². The molecule has 2 aromatic heterocycles. The first-order chi connectivity index (χ1) is 32.0. The van der Waals surface area contributed by atoms with Crippen LogP contribution in [-0.4, -0.2) is 9.13 Å². The zero-order chi connectivity index (χ0) is 43.0. The molecule has 11 aromatic carbocycles. The lowest BCUT2D eigenvalue weighted by molar-refractivity contribution is 0.661. The summed E-state index contributed by atoms with van der Waals surface area (Å²) in [4.78, 5) is 0. The van der Waals surface area contributed by atoms with Crippen molar-refractivity contribution in [3.63, 3.8) is 0 Å². The maximum atomic E-state index is 2.52. The molecule has 0 saturated heterocycles. The largest absolute Gasteiger partial charge is 0.309 e. The van der Waals surface area contributed by atoms with Crippen molar-refractivity contribution in [2.24, 2.45) is 0 Å². The minimum Gasteiger partial charge on any atom is -0.309 e. The van der Waals surface area contributed by atoms with Crippen LogP contribution >= 0.6 is 0 Å². The van der Waals surface area contributed by atoms with Gasteiger partial charge in [-0.3, -0.25) is 0 Å². The van der Waals surface area contributed by atoms with Gasteiger partial charge in [-0.1, -0.05) is 172 Å². The molecule has 0 fully saturated rings. The van der Waals surface area contributed by atoms with Crippen molar-refractivity contribution in [3.05, 3.63) is 230 Å². The predicted molar refractivity (Wildman–Crippen MR) is 276 cm³/mol. The number of benzene rings is 11. The molecule has 1 aliphatic rings. The fourth-order valence-corrected chi connectivity index (χ4v) is 11.6. The second kappa shape index (κ2) is 13.4. The molecule has 1 aliphatic carbocycles. The summed E-state index contributed by atoms with van der Waals surface area (Å²) in [5, 5.41) is 12.9. The lowest BCUT2D eigenvalue weighted by atomic mass is 9.82. The van der Waals surface area contributed by atoms with Gasteiger partial charge in [0.25, 0.3) is 0 Å². The van der Waals surface area contributed by atoms with E-state index in [0.29, 0.717) is 0 Å². The van der Waals surface area contributed by atoms with Gasteiger partial charge in [0.15, 0.2) is 0 Å². The smallest absolute Gasteiger partial charge is 0.0547 e. The van der Waals surface area contributed by atoms with E-state index >= 15 is 0 Å². The molecule has 0 spiro atoms. The molecule has 0 N–H and O–H groups in total. The molecular formula is C63H42N2. The van der Waals surface area contributed by atoms with Gasteiger partial charge in [-0.15, -0.1) is 0 Å². The zero-order valence-electron chi connectivity index (χ0n) is 36.2. The predicted octanol–water partition coefficient (Wildman–Crippen LogP) is 17.0. The van der Waals surface area contributed by atoms with Crippen LogP contribution in [0, 0.1) is 0 Å². The summed E-state index contributed by atoms with van der Waals surface area (Å²) in [7, 11) is 0. The van der Waals surface area contributed by atoms with Crippen molar-refractivity contribution in [2.75, 3.05) is 0 Å². The highest BCUT2D eigenvalue weighted by Crippen LogP contribution is 2.52. The minimum atomic E-state index is -0.121. The molecular weight excluding hydrogens is 785 g/mol. The van der Waals surface area contributed by atoms with E-state index < -0.39 is 0 Å². The maximum absolute atomic E-state index is 2.52. The molecule has 2 nitrogen and oxygen atoms in total. The average molecular weight is 827 g/mol. The fourth-order valence-electron chi connectivity index (χ4n) is 11.6. The second-order valence-electron chi connectivity index (χ2n) is 18.4. The monoisotopic (exact) mass is 826 g/mol. The molecule has 0 amide bonds. The molecule has 2 heteroatoms.